The van der Waals surface area contributed by atoms with Crippen LogP contribution in [0.25, 0.3) is 5.69 Å². The van der Waals surface area contributed by atoms with Gasteiger partial charge in [0.25, 0.3) is 5.91 Å². The molecule has 0 radical (unpaired) electrons. The molecule has 2 aliphatic heterocycles. The minimum absolute atomic E-state index is 0.188. The molecule has 0 unspecified atom stereocenters. The van der Waals surface area contributed by atoms with Crippen LogP contribution in [0.3, 0.4) is 0 Å². The smallest absolute Gasteiger partial charge is 0.274 e. The minimum atomic E-state index is -0.325. The lowest BCUT2D eigenvalue weighted by atomic mass is 10.2. The van der Waals surface area contributed by atoms with Crippen LogP contribution in [0.5, 0.6) is 17.2 Å². The van der Waals surface area contributed by atoms with Gasteiger partial charge in [-0.25, -0.2) is 0 Å². The number of amides is 1. The maximum absolute atomic E-state index is 13.7. The topological polar surface area (TPSA) is 104 Å². The lowest BCUT2D eigenvalue weighted by molar-refractivity contribution is 0.0358. The lowest BCUT2D eigenvalue weighted by Gasteiger charge is -2.26. The summed E-state index contributed by atoms with van der Waals surface area (Å²) in [5, 5.41) is 0. The Morgan fingerprint density at radius 3 is 1.61 bits per heavy atom. The number of hydrogen-bond donors (Lipinski definition) is 0. The largest absolute Gasteiger partial charge is 0.494 e. The third-order valence-electron chi connectivity index (χ3n) is 9.31. The first-order chi connectivity index (χ1) is 29.9. The number of hydrogen-bond acceptors (Lipinski definition) is 10. The van der Waals surface area contributed by atoms with E-state index in [1.54, 1.807) is 25.8 Å². The van der Waals surface area contributed by atoms with E-state index in [9.17, 15) is 9.59 Å². The Balaban J connectivity index is 0.000000637. The van der Waals surface area contributed by atoms with Crippen LogP contribution in [0, 0.1) is 0 Å². The molecule has 0 aliphatic carbocycles. The predicted octanol–water partition coefficient (Wildman–Crippen LogP) is 8.68. The molecule has 0 N–H and O–H groups in total. The Labute approximate surface area is 366 Å². The number of nitrogens with zero attached hydrogens (tertiary/aromatic N) is 4. The maximum atomic E-state index is 13.7. The van der Waals surface area contributed by atoms with Crippen molar-refractivity contribution in [2.24, 2.45) is 0 Å². The van der Waals surface area contributed by atoms with Gasteiger partial charge < -0.3 is 33.3 Å². The van der Waals surface area contributed by atoms with Crippen LogP contribution in [0.15, 0.2) is 84.9 Å². The summed E-state index contributed by atoms with van der Waals surface area (Å²) in [7, 11) is 5.01. The molecule has 6 rings (SSSR count). The van der Waals surface area contributed by atoms with Gasteiger partial charge in [-0.05, 0) is 61.7 Å². The molecular formula is C49H74N4O8. The standard InChI is InChI=1S/C35H39N3O6.C7H15NO.C3H8O.2C2H6/c1-36(2)35(40)32-34(44-26-28-12-7-4-8-13-28)33(43-25-27-10-5-3-6-11-27)31(24-39)38(32)29-14-16-30(17-15-29)42-21-9-18-37-19-22-41-23-20-37;1-2-3-8-4-6-9-7-5-8;1-3-4-2;2*1-2/h3-8,10-17,24H,9,18-23,25-26H2,1-2H3;2-7H2,1H3;3H2,1-2H3;2*1-2H3. The van der Waals surface area contributed by atoms with Crippen molar-refractivity contribution in [1.29, 1.82) is 0 Å². The van der Waals surface area contributed by atoms with Gasteiger partial charge in [-0.15, -0.1) is 0 Å². The van der Waals surface area contributed by atoms with Gasteiger partial charge in [0.05, 0.1) is 33.0 Å². The van der Waals surface area contributed by atoms with Crippen molar-refractivity contribution in [2.75, 3.05) is 100 Å². The van der Waals surface area contributed by atoms with E-state index in [0.717, 1.165) is 83.3 Å². The van der Waals surface area contributed by atoms with Gasteiger partial charge in [-0.3, -0.25) is 24.0 Å². The molecule has 0 bridgehead atoms. The summed E-state index contributed by atoms with van der Waals surface area (Å²) in [5.41, 5.74) is 2.84. The Bertz CT molecular complexity index is 1700. The van der Waals surface area contributed by atoms with Crippen LogP contribution in [-0.4, -0.2) is 132 Å². The zero-order valence-electron chi connectivity index (χ0n) is 38.5. The van der Waals surface area contributed by atoms with E-state index in [1.807, 2.05) is 120 Å². The van der Waals surface area contributed by atoms with E-state index in [4.69, 9.17) is 23.7 Å². The van der Waals surface area contributed by atoms with E-state index in [1.165, 1.54) is 17.9 Å². The van der Waals surface area contributed by atoms with Crippen molar-refractivity contribution < 1.29 is 38.0 Å². The van der Waals surface area contributed by atoms with Crippen LogP contribution >= 0.6 is 0 Å². The number of methoxy groups -OCH3 is 1. The number of ether oxygens (including phenoxy) is 6. The Kier molecular flexibility index (Phi) is 27.5. The summed E-state index contributed by atoms with van der Waals surface area (Å²) in [6.45, 7) is 23.7. The molecule has 61 heavy (non-hydrogen) atoms. The fraction of sp³-hybridized carbons (Fsp3) is 0.510. The highest BCUT2D eigenvalue weighted by Gasteiger charge is 2.32. The van der Waals surface area contributed by atoms with Crippen molar-refractivity contribution >= 4 is 12.2 Å². The van der Waals surface area contributed by atoms with E-state index in [2.05, 4.69) is 21.5 Å². The number of morpholine rings is 2. The first-order valence-corrected chi connectivity index (χ1v) is 22.0. The summed E-state index contributed by atoms with van der Waals surface area (Å²) in [4.78, 5) is 32.7. The second-order valence-corrected chi connectivity index (χ2v) is 13.8. The monoisotopic (exact) mass is 847 g/mol. The maximum Gasteiger partial charge on any atom is 0.274 e. The van der Waals surface area contributed by atoms with E-state index >= 15 is 0 Å². The number of aldehydes is 1. The fourth-order valence-electron chi connectivity index (χ4n) is 6.19. The third-order valence-corrected chi connectivity index (χ3v) is 9.31. The number of aromatic nitrogens is 1. The highest BCUT2D eigenvalue weighted by molar-refractivity contribution is 6.00. The van der Waals surface area contributed by atoms with Gasteiger partial charge in [-0.1, -0.05) is 95.3 Å². The van der Waals surface area contributed by atoms with Gasteiger partial charge in [0, 0.05) is 66.2 Å². The van der Waals surface area contributed by atoms with Crippen molar-refractivity contribution in [3.63, 3.8) is 0 Å². The highest BCUT2D eigenvalue weighted by Crippen LogP contribution is 2.41. The molecule has 338 valence electrons. The summed E-state index contributed by atoms with van der Waals surface area (Å²) >= 11 is 0. The van der Waals surface area contributed by atoms with Gasteiger partial charge in [0.1, 0.15) is 24.7 Å². The van der Waals surface area contributed by atoms with Crippen LogP contribution in [-0.2, 0) is 27.4 Å². The second-order valence-electron chi connectivity index (χ2n) is 13.8. The molecule has 0 spiro atoms. The summed E-state index contributed by atoms with van der Waals surface area (Å²) in [6.07, 6.45) is 2.87. The molecule has 2 saturated heterocycles. The van der Waals surface area contributed by atoms with Gasteiger partial charge in [0.2, 0.25) is 0 Å². The predicted molar refractivity (Wildman–Crippen MR) is 246 cm³/mol. The number of rotatable bonds is 17. The molecule has 0 atom stereocenters. The van der Waals surface area contributed by atoms with E-state index < -0.39 is 0 Å². The zero-order valence-corrected chi connectivity index (χ0v) is 38.5. The molecule has 2 fully saturated rings. The molecule has 12 nitrogen and oxygen atoms in total. The summed E-state index contributed by atoms with van der Waals surface area (Å²) in [6, 6.07) is 26.7. The molecule has 4 aromatic rings. The lowest BCUT2D eigenvalue weighted by Crippen LogP contribution is -2.37. The third kappa shape index (κ3) is 18.4. The SMILES string of the molecule is CC.CC.CCCN1CCOCC1.CCOC.CN(C)C(=O)c1c(OCc2ccccc2)c(OCc2ccccc2)c(C=O)n1-c1ccc(OCCCN2CCOCC2)cc1. The van der Waals surface area contributed by atoms with Gasteiger partial charge in [0.15, 0.2) is 23.5 Å². The average Bonchev–Trinajstić information content (AvgIpc) is 3.64. The van der Waals surface area contributed by atoms with Gasteiger partial charge >= 0.3 is 0 Å². The second kappa shape index (κ2) is 32.1. The van der Waals surface area contributed by atoms with Crippen molar-refractivity contribution in [1.82, 2.24) is 19.3 Å². The normalized spacial score (nSPS) is 13.6. The van der Waals surface area contributed by atoms with Gasteiger partial charge in [-0.2, -0.15) is 0 Å². The Morgan fingerprint density at radius 2 is 1.16 bits per heavy atom. The minimum Gasteiger partial charge on any atom is -0.494 e. The molecule has 2 aliphatic rings. The highest BCUT2D eigenvalue weighted by atomic mass is 16.5. The fourth-order valence-corrected chi connectivity index (χ4v) is 6.19. The van der Waals surface area contributed by atoms with Crippen LogP contribution < -0.4 is 14.2 Å². The van der Waals surface area contributed by atoms with E-state index in [0.29, 0.717) is 24.3 Å². The van der Waals surface area contributed by atoms with Crippen LogP contribution in [0.4, 0.5) is 0 Å². The number of carbonyl (C=O) groups is 2. The van der Waals surface area contributed by atoms with Crippen molar-refractivity contribution in [3.05, 3.63) is 107 Å². The molecule has 3 heterocycles. The molecule has 12 heteroatoms. The number of benzene rings is 3. The quantitative estimate of drug-likeness (QED) is 0.0758. The summed E-state index contributed by atoms with van der Waals surface area (Å²) in [5.74, 6) is 0.814. The molecular weight excluding hydrogens is 773 g/mol. The van der Waals surface area contributed by atoms with Crippen LogP contribution in [0.1, 0.15) is 86.5 Å². The van der Waals surface area contributed by atoms with Crippen molar-refractivity contribution in [2.45, 2.75) is 67.6 Å². The van der Waals surface area contributed by atoms with E-state index in [-0.39, 0.29) is 42.0 Å². The molecule has 0 saturated carbocycles. The Hall–Kier alpha value is -4.72. The number of carbonyl (C=O) groups excluding carboxylic acids is 2. The molecule has 1 aromatic heterocycles. The Morgan fingerprint density at radius 1 is 0.689 bits per heavy atom. The average molecular weight is 847 g/mol. The molecule has 1 amide bonds. The first kappa shape index (κ1) is 52.4. The zero-order chi connectivity index (χ0) is 44.7. The van der Waals surface area contributed by atoms with Crippen LogP contribution in [0.2, 0.25) is 0 Å². The summed E-state index contributed by atoms with van der Waals surface area (Å²) < 4.78 is 35.3. The van der Waals surface area contributed by atoms with Crippen molar-refractivity contribution in [3.8, 4) is 22.9 Å². The molecule has 3 aromatic carbocycles. The first-order valence-electron chi connectivity index (χ1n) is 22.0.